The molecule has 0 saturated heterocycles. The minimum absolute atomic E-state index is 0.0393. The molecule has 34 heavy (non-hydrogen) atoms. The normalized spacial score (nSPS) is 12.0. The minimum atomic E-state index is -3.79. The van der Waals surface area contributed by atoms with E-state index >= 15 is 0 Å². The van der Waals surface area contributed by atoms with E-state index in [1.54, 1.807) is 54.6 Å². The van der Waals surface area contributed by atoms with Gasteiger partial charge >= 0.3 is 0 Å². The Hall–Kier alpha value is -3.55. The van der Waals surface area contributed by atoms with Crippen molar-refractivity contribution >= 4 is 21.9 Å². The lowest BCUT2D eigenvalue weighted by Crippen LogP contribution is -2.30. The number of hydrogen-bond donors (Lipinski definition) is 0. The van der Waals surface area contributed by atoms with Crippen molar-refractivity contribution in [3.05, 3.63) is 119 Å². The SMILES string of the molecule is Cc1ccc(CN(Cc2ccc(C=Nc3ccccc3F)o2)S(=O)(=O)c2ccc(C)cc2)cc1. The van der Waals surface area contributed by atoms with Crippen molar-refractivity contribution in [1.82, 2.24) is 4.31 Å². The molecule has 0 aliphatic carbocycles. The Bertz CT molecular complexity index is 1390. The second-order valence-corrected chi connectivity index (χ2v) is 10.0. The summed E-state index contributed by atoms with van der Waals surface area (Å²) in [4.78, 5) is 4.34. The van der Waals surface area contributed by atoms with E-state index in [4.69, 9.17) is 4.42 Å². The van der Waals surface area contributed by atoms with Crippen molar-refractivity contribution in [2.24, 2.45) is 4.99 Å². The van der Waals surface area contributed by atoms with E-state index in [1.165, 1.54) is 16.6 Å². The summed E-state index contributed by atoms with van der Waals surface area (Å²) < 4.78 is 48.0. The first kappa shape index (κ1) is 23.6. The molecule has 0 N–H and O–H groups in total. The van der Waals surface area contributed by atoms with E-state index in [0.717, 1.165) is 16.7 Å². The van der Waals surface area contributed by atoms with Gasteiger partial charge in [0.25, 0.3) is 0 Å². The van der Waals surface area contributed by atoms with Gasteiger partial charge in [-0.1, -0.05) is 59.7 Å². The lowest BCUT2D eigenvalue weighted by molar-refractivity contribution is 0.357. The smallest absolute Gasteiger partial charge is 0.243 e. The molecular weight excluding hydrogens is 451 g/mol. The summed E-state index contributed by atoms with van der Waals surface area (Å²) >= 11 is 0. The summed E-state index contributed by atoms with van der Waals surface area (Å²) in [5.41, 5.74) is 3.15. The van der Waals surface area contributed by atoms with Crippen LogP contribution in [-0.4, -0.2) is 18.9 Å². The summed E-state index contributed by atoms with van der Waals surface area (Å²) in [6.07, 6.45) is 1.42. The van der Waals surface area contributed by atoms with E-state index in [1.807, 2.05) is 38.1 Å². The number of rotatable bonds is 8. The van der Waals surface area contributed by atoms with Crippen molar-refractivity contribution in [2.45, 2.75) is 31.8 Å². The lowest BCUT2D eigenvalue weighted by atomic mass is 10.1. The molecule has 0 atom stereocenters. The predicted molar refractivity (Wildman–Crippen MR) is 131 cm³/mol. The number of halogens is 1. The van der Waals surface area contributed by atoms with Gasteiger partial charge in [-0.2, -0.15) is 4.31 Å². The number of nitrogens with zero attached hydrogens (tertiary/aromatic N) is 2. The first-order chi connectivity index (χ1) is 16.3. The molecular formula is C27H25FN2O3S. The van der Waals surface area contributed by atoms with E-state index in [2.05, 4.69) is 4.99 Å². The maximum absolute atomic E-state index is 13.8. The van der Waals surface area contributed by atoms with Crippen LogP contribution in [0, 0.1) is 19.7 Å². The number of benzene rings is 3. The van der Waals surface area contributed by atoms with Crippen molar-refractivity contribution in [1.29, 1.82) is 0 Å². The zero-order valence-corrected chi connectivity index (χ0v) is 19.8. The summed E-state index contributed by atoms with van der Waals surface area (Å²) in [5, 5.41) is 0. The van der Waals surface area contributed by atoms with Gasteiger partial charge in [0, 0.05) is 6.54 Å². The quantitative estimate of drug-likeness (QED) is 0.285. The van der Waals surface area contributed by atoms with Crippen LogP contribution in [0.5, 0.6) is 0 Å². The van der Waals surface area contributed by atoms with Gasteiger partial charge in [-0.3, -0.25) is 0 Å². The average molecular weight is 477 g/mol. The monoisotopic (exact) mass is 476 g/mol. The Morgan fingerprint density at radius 3 is 2.18 bits per heavy atom. The van der Waals surface area contributed by atoms with E-state index in [-0.39, 0.29) is 23.7 Å². The molecule has 0 aliphatic heterocycles. The number of hydrogen-bond acceptors (Lipinski definition) is 4. The highest BCUT2D eigenvalue weighted by Gasteiger charge is 2.26. The lowest BCUT2D eigenvalue weighted by Gasteiger charge is -2.21. The van der Waals surface area contributed by atoms with Crippen LogP contribution >= 0.6 is 0 Å². The molecule has 174 valence electrons. The maximum atomic E-state index is 13.8. The molecule has 0 saturated carbocycles. The molecule has 1 aromatic heterocycles. The van der Waals surface area contributed by atoms with Gasteiger partial charge < -0.3 is 4.42 Å². The van der Waals surface area contributed by atoms with Gasteiger partial charge in [-0.05, 0) is 55.8 Å². The van der Waals surface area contributed by atoms with Crippen molar-refractivity contribution < 1.29 is 17.2 Å². The summed E-state index contributed by atoms with van der Waals surface area (Å²) in [5.74, 6) is 0.429. The van der Waals surface area contributed by atoms with Crippen LogP contribution in [0.1, 0.15) is 28.2 Å². The first-order valence-electron chi connectivity index (χ1n) is 10.8. The molecule has 0 spiro atoms. The minimum Gasteiger partial charge on any atom is -0.459 e. The molecule has 0 bridgehead atoms. The molecule has 0 radical (unpaired) electrons. The number of furan rings is 1. The number of aliphatic imine (C=N–C) groups is 1. The van der Waals surface area contributed by atoms with Crippen LogP contribution in [-0.2, 0) is 23.1 Å². The fraction of sp³-hybridized carbons (Fsp3) is 0.148. The third-order valence-corrected chi connectivity index (χ3v) is 7.14. The third-order valence-electron chi connectivity index (χ3n) is 5.34. The Morgan fingerprint density at radius 1 is 0.853 bits per heavy atom. The topological polar surface area (TPSA) is 62.9 Å². The summed E-state index contributed by atoms with van der Waals surface area (Å²) in [7, 11) is -3.79. The van der Waals surface area contributed by atoms with Crippen LogP contribution in [0.2, 0.25) is 0 Å². The van der Waals surface area contributed by atoms with Crippen LogP contribution in [0.25, 0.3) is 0 Å². The summed E-state index contributed by atoms with van der Waals surface area (Å²) in [6.45, 7) is 4.12. The molecule has 0 amide bonds. The molecule has 4 rings (SSSR count). The standard InChI is InChI=1S/C27H25FN2O3S/c1-20-7-11-22(12-8-20)18-30(34(31,32)25-15-9-21(2)10-16-25)19-24-14-13-23(33-24)17-29-27-6-4-3-5-26(27)28/h3-17H,18-19H2,1-2H3. The molecule has 7 heteroatoms. The number of aryl methyl sites for hydroxylation is 2. The average Bonchev–Trinajstić information content (AvgIpc) is 3.27. The van der Waals surface area contributed by atoms with E-state index in [0.29, 0.717) is 11.5 Å². The van der Waals surface area contributed by atoms with E-state index < -0.39 is 15.8 Å². The fourth-order valence-corrected chi connectivity index (χ4v) is 4.79. The molecule has 5 nitrogen and oxygen atoms in total. The van der Waals surface area contributed by atoms with Crippen molar-refractivity contribution in [2.75, 3.05) is 0 Å². The van der Waals surface area contributed by atoms with Crippen LogP contribution in [0.15, 0.2) is 99.2 Å². The molecule has 3 aromatic carbocycles. The molecule has 0 aliphatic rings. The van der Waals surface area contributed by atoms with Crippen LogP contribution in [0.4, 0.5) is 10.1 Å². The van der Waals surface area contributed by atoms with Crippen molar-refractivity contribution in [3.8, 4) is 0 Å². The van der Waals surface area contributed by atoms with Gasteiger partial charge in [-0.15, -0.1) is 0 Å². The number of para-hydroxylation sites is 1. The highest BCUT2D eigenvalue weighted by molar-refractivity contribution is 7.89. The van der Waals surface area contributed by atoms with Gasteiger partial charge in [0.05, 0.1) is 23.3 Å². The Balaban J connectivity index is 1.60. The second-order valence-electron chi connectivity index (χ2n) is 8.09. The fourth-order valence-electron chi connectivity index (χ4n) is 3.39. The van der Waals surface area contributed by atoms with Crippen molar-refractivity contribution in [3.63, 3.8) is 0 Å². The summed E-state index contributed by atoms with van der Waals surface area (Å²) in [6, 6.07) is 24.1. The predicted octanol–water partition coefficient (Wildman–Crippen LogP) is 6.18. The highest BCUT2D eigenvalue weighted by Crippen LogP contribution is 2.23. The van der Waals surface area contributed by atoms with Gasteiger partial charge in [-0.25, -0.2) is 17.8 Å². The zero-order valence-electron chi connectivity index (χ0n) is 19.0. The van der Waals surface area contributed by atoms with Crippen LogP contribution in [0.3, 0.4) is 0 Å². The highest BCUT2D eigenvalue weighted by atomic mass is 32.2. The van der Waals surface area contributed by atoms with Crippen LogP contribution < -0.4 is 0 Å². The molecule has 0 fully saturated rings. The maximum Gasteiger partial charge on any atom is 0.243 e. The van der Waals surface area contributed by atoms with E-state index in [9.17, 15) is 12.8 Å². The Kier molecular flexibility index (Phi) is 7.05. The first-order valence-corrected chi connectivity index (χ1v) is 12.2. The second kappa shape index (κ2) is 10.2. The molecule has 0 unspecified atom stereocenters. The zero-order chi connectivity index (χ0) is 24.1. The number of sulfonamides is 1. The Labute approximate surface area is 199 Å². The van der Waals surface area contributed by atoms with Gasteiger partial charge in [0.1, 0.15) is 17.3 Å². The van der Waals surface area contributed by atoms with Gasteiger partial charge in [0.15, 0.2) is 0 Å². The Morgan fingerprint density at radius 2 is 1.50 bits per heavy atom. The third kappa shape index (κ3) is 5.68. The largest absolute Gasteiger partial charge is 0.459 e. The van der Waals surface area contributed by atoms with Gasteiger partial charge in [0.2, 0.25) is 10.0 Å². The molecule has 4 aromatic rings. The molecule has 1 heterocycles.